The van der Waals surface area contributed by atoms with Crippen LogP contribution in [-0.2, 0) is 13.9 Å². The Hall–Kier alpha value is -0.460. The Morgan fingerprint density at radius 3 is 0.818 bits per heavy atom. The fourth-order valence-corrected chi connectivity index (χ4v) is 10.2. The van der Waals surface area contributed by atoms with Crippen molar-refractivity contribution in [3.8, 4) is 0 Å². The van der Waals surface area contributed by atoms with E-state index in [1.165, 1.54) is 283 Å². The van der Waals surface area contributed by atoms with Gasteiger partial charge in [0.15, 0.2) is 0 Å². The topological polar surface area (TPSA) is 116 Å². The third-order valence-corrected chi connectivity index (χ3v) is 14.8. The van der Waals surface area contributed by atoms with Crippen molar-refractivity contribution in [2.45, 2.75) is 360 Å². The maximum absolute atomic E-state index is 12.7. The molecule has 2 atom stereocenters. The van der Waals surface area contributed by atoms with Gasteiger partial charge >= 0.3 is 7.82 Å². The zero-order valence-corrected chi connectivity index (χ0v) is 45.5. The Morgan fingerprint density at radius 1 is 0.379 bits per heavy atom. The van der Waals surface area contributed by atoms with Gasteiger partial charge in [-0.15, -0.1) is 0 Å². The second-order valence-corrected chi connectivity index (χ2v) is 22.3. The molecular weight excluding hydrogens is 838 g/mol. The van der Waals surface area contributed by atoms with Crippen LogP contribution in [0.15, 0.2) is 0 Å². The van der Waals surface area contributed by atoms with Crippen LogP contribution in [0.1, 0.15) is 348 Å². The van der Waals surface area contributed by atoms with Crippen molar-refractivity contribution in [3.63, 3.8) is 0 Å². The molecule has 0 aromatic carbocycles. The van der Waals surface area contributed by atoms with Crippen molar-refractivity contribution in [2.24, 2.45) is 0 Å². The van der Waals surface area contributed by atoms with Gasteiger partial charge in [-0.05, 0) is 12.8 Å². The van der Waals surface area contributed by atoms with Gasteiger partial charge in [-0.25, -0.2) is 4.57 Å². The van der Waals surface area contributed by atoms with Crippen LogP contribution in [0.2, 0.25) is 0 Å². The highest BCUT2D eigenvalue weighted by molar-refractivity contribution is 7.46. The number of nitrogens with one attached hydrogen (secondary N) is 1. The highest BCUT2D eigenvalue weighted by atomic mass is 31.2. The summed E-state index contributed by atoms with van der Waals surface area (Å²) >= 11 is 0. The molecule has 4 N–H and O–H groups in total. The molecule has 1 amide bonds. The zero-order valence-electron chi connectivity index (χ0n) is 44.6. The van der Waals surface area contributed by atoms with Gasteiger partial charge in [-0.3, -0.25) is 9.32 Å². The van der Waals surface area contributed by atoms with Crippen LogP contribution in [0.25, 0.3) is 0 Å². The van der Waals surface area contributed by atoms with E-state index in [9.17, 15) is 24.3 Å². The molecule has 0 saturated heterocycles. The first kappa shape index (κ1) is 65.5. The summed E-state index contributed by atoms with van der Waals surface area (Å²) in [4.78, 5) is 31.2. The van der Waals surface area contributed by atoms with E-state index in [1.807, 2.05) is 0 Å². The minimum Gasteiger partial charge on any atom is -0.391 e. The molecule has 0 unspecified atom stereocenters. The van der Waals surface area contributed by atoms with E-state index in [-0.39, 0.29) is 5.91 Å². The van der Waals surface area contributed by atoms with E-state index in [0.717, 1.165) is 38.5 Å². The van der Waals surface area contributed by atoms with Gasteiger partial charge in [-0.1, -0.05) is 328 Å². The fourth-order valence-electron chi connectivity index (χ4n) is 9.82. The van der Waals surface area contributed by atoms with E-state index < -0.39 is 26.6 Å². The van der Waals surface area contributed by atoms with Crippen LogP contribution in [0.5, 0.6) is 0 Å². The molecule has 66 heavy (non-hydrogen) atoms. The monoisotopic (exact) mass is 956 g/mol. The first-order valence-corrected chi connectivity index (χ1v) is 31.5. The summed E-state index contributed by atoms with van der Waals surface area (Å²) < 4.78 is 16.1. The lowest BCUT2D eigenvalue weighted by Gasteiger charge is -2.24. The normalized spacial score (nSPS) is 12.9. The summed E-state index contributed by atoms with van der Waals surface area (Å²) in [7, 11) is -4.70. The average Bonchev–Trinajstić information content (AvgIpc) is 3.30. The Kier molecular flexibility index (Phi) is 53.5. The number of carbonyl (C=O) groups is 1. The summed E-state index contributed by atoms with van der Waals surface area (Å²) in [6.45, 7) is 4.18. The summed E-state index contributed by atoms with van der Waals surface area (Å²) in [5.74, 6) is -0.184. The smallest absolute Gasteiger partial charge is 0.391 e. The van der Waals surface area contributed by atoms with Crippen molar-refractivity contribution >= 4 is 13.7 Å². The first-order valence-electron chi connectivity index (χ1n) is 30.0. The van der Waals surface area contributed by atoms with Crippen LogP contribution in [-0.4, -0.2) is 39.6 Å². The lowest BCUT2D eigenvalue weighted by Crippen LogP contribution is -2.46. The van der Waals surface area contributed by atoms with E-state index >= 15 is 0 Å². The van der Waals surface area contributed by atoms with E-state index in [4.69, 9.17) is 4.52 Å². The lowest BCUT2D eigenvalue weighted by atomic mass is 10.0. The second kappa shape index (κ2) is 53.9. The molecule has 0 radical (unpaired) electrons. The van der Waals surface area contributed by atoms with E-state index in [1.54, 1.807) is 0 Å². The molecule has 7 nitrogen and oxygen atoms in total. The molecule has 8 heteroatoms. The van der Waals surface area contributed by atoms with Gasteiger partial charge in [-0.2, -0.15) is 0 Å². The zero-order chi connectivity index (χ0) is 48.1. The standard InChI is InChI=1S/C58H118NO6P/c1-3-5-7-9-11-13-15-17-19-21-22-23-24-25-26-27-28-29-30-31-32-33-34-35-36-37-38-40-42-44-46-48-50-52-54-58(61)59-56(55-65-66(62,63)64)57(60)53-51-49-47-45-43-41-39-20-18-16-14-12-10-8-6-4-2/h56-57,60H,3-55H2,1-2H3,(H,59,61)(H2,62,63,64)/t56-,57+/m0/s1. The molecule has 0 bridgehead atoms. The van der Waals surface area contributed by atoms with Crippen molar-refractivity contribution in [1.82, 2.24) is 5.32 Å². The number of hydrogen-bond acceptors (Lipinski definition) is 4. The molecule has 0 heterocycles. The summed E-state index contributed by atoms with van der Waals surface area (Å²) in [6, 6.07) is -0.820. The van der Waals surface area contributed by atoms with Crippen LogP contribution >= 0.6 is 7.82 Å². The molecule has 0 aliphatic carbocycles. The van der Waals surface area contributed by atoms with Gasteiger partial charge in [0.05, 0.1) is 18.8 Å². The number of aliphatic hydroxyl groups is 1. The predicted molar refractivity (Wildman–Crippen MR) is 287 cm³/mol. The Morgan fingerprint density at radius 2 is 0.591 bits per heavy atom. The van der Waals surface area contributed by atoms with Gasteiger partial charge in [0.2, 0.25) is 5.91 Å². The molecule has 0 aromatic heterocycles. The molecular formula is C58H118NO6P. The number of phosphoric acid groups is 1. The van der Waals surface area contributed by atoms with Gasteiger partial charge in [0.25, 0.3) is 0 Å². The van der Waals surface area contributed by atoms with Crippen molar-refractivity contribution < 1.29 is 28.8 Å². The number of phosphoric ester groups is 1. The largest absolute Gasteiger partial charge is 0.469 e. The van der Waals surface area contributed by atoms with Crippen LogP contribution in [0.4, 0.5) is 0 Å². The van der Waals surface area contributed by atoms with Crippen LogP contribution in [0, 0.1) is 0 Å². The van der Waals surface area contributed by atoms with Gasteiger partial charge < -0.3 is 20.2 Å². The molecule has 0 rings (SSSR count). The molecule has 0 aliphatic rings. The van der Waals surface area contributed by atoms with E-state index in [0.29, 0.717) is 12.8 Å². The van der Waals surface area contributed by atoms with Gasteiger partial charge in [0, 0.05) is 6.42 Å². The summed E-state index contributed by atoms with van der Waals surface area (Å²) in [5.41, 5.74) is 0. The van der Waals surface area contributed by atoms with Gasteiger partial charge in [0.1, 0.15) is 0 Å². The highest BCUT2D eigenvalue weighted by Gasteiger charge is 2.25. The molecule has 0 aliphatic heterocycles. The third-order valence-electron chi connectivity index (χ3n) is 14.3. The number of amides is 1. The summed E-state index contributed by atoms with van der Waals surface area (Å²) in [5, 5.41) is 13.6. The molecule has 0 aromatic rings. The lowest BCUT2D eigenvalue weighted by molar-refractivity contribution is -0.123. The Balaban J connectivity index is 3.60. The molecule has 396 valence electrons. The fraction of sp³-hybridized carbons (Fsp3) is 0.983. The Bertz CT molecular complexity index is 993. The van der Waals surface area contributed by atoms with Crippen molar-refractivity contribution in [3.05, 3.63) is 0 Å². The maximum Gasteiger partial charge on any atom is 0.469 e. The Labute approximate surface area is 412 Å². The predicted octanol–water partition coefficient (Wildman–Crippen LogP) is 19.3. The van der Waals surface area contributed by atoms with Crippen molar-refractivity contribution in [2.75, 3.05) is 6.61 Å². The first-order chi connectivity index (χ1) is 32.3. The van der Waals surface area contributed by atoms with Crippen LogP contribution < -0.4 is 5.32 Å². The number of unbranched alkanes of at least 4 members (excludes halogenated alkanes) is 48. The quantitative estimate of drug-likeness (QED) is 0.0356. The molecule has 0 saturated carbocycles. The SMILES string of the molecule is CCCCCCCCCCCCCCCCCCCCCCCCCCCCCCCCCCCCC(=O)N[C@@H](COP(=O)(O)O)[C@H](O)CCCCCCCCCCCCCCCCCC. The van der Waals surface area contributed by atoms with Crippen LogP contribution in [0.3, 0.4) is 0 Å². The van der Waals surface area contributed by atoms with Crippen molar-refractivity contribution in [1.29, 1.82) is 0 Å². The van der Waals surface area contributed by atoms with E-state index in [2.05, 4.69) is 19.2 Å². The number of aliphatic hydroxyl groups excluding tert-OH is 1. The second-order valence-electron chi connectivity index (χ2n) is 21.0. The third kappa shape index (κ3) is 54.5. The summed E-state index contributed by atoms with van der Waals surface area (Å²) in [6.07, 6.45) is 67.3. The number of rotatable bonds is 57. The maximum atomic E-state index is 12.7. The molecule has 0 fully saturated rings. The average molecular weight is 957 g/mol. The minimum absolute atomic E-state index is 0.184. The molecule has 0 spiro atoms. The number of carbonyl (C=O) groups excluding carboxylic acids is 1. The number of hydrogen-bond donors (Lipinski definition) is 4. The highest BCUT2D eigenvalue weighted by Crippen LogP contribution is 2.36. The minimum atomic E-state index is -4.70.